The average Bonchev–Trinajstić information content (AvgIpc) is 2.72. The smallest absolute Gasteiger partial charge is 0.243 e. The zero-order chi connectivity index (χ0) is 21.0. The Labute approximate surface area is 185 Å². The van der Waals surface area contributed by atoms with Gasteiger partial charge in [-0.1, -0.05) is 46.1 Å². The van der Waals surface area contributed by atoms with Crippen LogP contribution in [0.4, 0.5) is 5.69 Å². The summed E-state index contributed by atoms with van der Waals surface area (Å²) in [5, 5.41) is 0.502. The van der Waals surface area contributed by atoms with E-state index < -0.39 is 10.0 Å². The predicted octanol–water partition coefficient (Wildman–Crippen LogP) is 4.87. The summed E-state index contributed by atoms with van der Waals surface area (Å²) in [6.45, 7) is 1.17. The third kappa shape index (κ3) is 5.40. The number of piperidine rings is 1. The Kier molecular flexibility index (Phi) is 7.37. The summed E-state index contributed by atoms with van der Waals surface area (Å²) in [5.74, 6) is -0.0563. The number of sulfonamides is 1. The molecule has 0 radical (unpaired) electrons. The number of hydrogen-bond donors (Lipinski definition) is 0. The van der Waals surface area contributed by atoms with Crippen LogP contribution in [0.3, 0.4) is 0 Å². The number of halogens is 2. The number of carbonyl (C=O) groups is 1. The fourth-order valence-corrected chi connectivity index (χ4v) is 5.71. The highest BCUT2D eigenvalue weighted by Gasteiger charge is 2.25. The first kappa shape index (κ1) is 22.3. The first-order valence-electron chi connectivity index (χ1n) is 9.60. The summed E-state index contributed by atoms with van der Waals surface area (Å²) < 4.78 is 27.8. The van der Waals surface area contributed by atoms with Crippen molar-refractivity contribution in [3.63, 3.8) is 0 Å². The van der Waals surface area contributed by atoms with Crippen molar-refractivity contribution in [1.82, 2.24) is 4.31 Å². The third-order valence-corrected chi connectivity index (χ3v) is 7.86. The van der Waals surface area contributed by atoms with Crippen molar-refractivity contribution in [3.8, 4) is 0 Å². The second kappa shape index (κ2) is 9.60. The number of aryl methyl sites for hydroxylation is 1. The minimum Gasteiger partial charge on any atom is -0.314 e. The van der Waals surface area contributed by atoms with Crippen LogP contribution in [0.15, 0.2) is 51.8 Å². The van der Waals surface area contributed by atoms with Crippen molar-refractivity contribution in [1.29, 1.82) is 0 Å². The van der Waals surface area contributed by atoms with E-state index in [1.807, 2.05) is 6.07 Å². The molecule has 0 aromatic heterocycles. The van der Waals surface area contributed by atoms with Crippen LogP contribution in [0.2, 0.25) is 5.02 Å². The normalized spacial score (nSPS) is 15.3. The molecule has 1 fully saturated rings. The Balaban J connectivity index is 1.61. The van der Waals surface area contributed by atoms with Gasteiger partial charge >= 0.3 is 0 Å². The molecule has 0 N–H and O–H groups in total. The number of hydrogen-bond acceptors (Lipinski definition) is 3. The van der Waals surface area contributed by atoms with E-state index in [9.17, 15) is 13.2 Å². The molecular weight excluding hydrogens is 476 g/mol. The van der Waals surface area contributed by atoms with Gasteiger partial charge in [0, 0.05) is 31.0 Å². The van der Waals surface area contributed by atoms with Crippen molar-refractivity contribution < 1.29 is 13.2 Å². The van der Waals surface area contributed by atoms with Crippen LogP contribution < -0.4 is 4.90 Å². The van der Waals surface area contributed by atoms with Crippen molar-refractivity contribution in [3.05, 3.63) is 57.5 Å². The van der Waals surface area contributed by atoms with Crippen molar-refractivity contribution in [2.24, 2.45) is 0 Å². The molecule has 1 aliphatic heterocycles. The average molecular weight is 500 g/mol. The minimum atomic E-state index is -3.43. The molecule has 0 atom stereocenters. The molecule has 8 heteroatoms. The summed E-state index contributed by atoms with van der Waals surface area (Å²) >= 11 is 9.58. The summed E-state index contributed by atoms with van der Waals surface area (Å²) in [6, 6.07) is 12.2. The van der Waals surface area contributed by atoms with Gasteiger partial charge in [0.2, 0.25) is 15.9 Å². The number of benzene rings is 2. The lowest BCUT2D eigenvalue weighted by Crippen LogP contribution is -2.35. The van der Waals surface area contributed by atoms with Crippen molar-refractivity contribution in [2.75, 3.05) is 25.0 Å². The standard InChI is InChI=1S/C21H24BrClN2O3S/c1-24(20-11-8-17(22)15-19(20)23)21(26)12-7-16-5-9-18(10-6-16)29(27,28)25-13-3-2-4-14-25/h5-6,8-11,15H,2-4,7,12-14H2,1H3. The molecule has 0 unspecified atom stereocenters. The SMILES string of the molecule is CN(C(=O)CCc1ccc(S(=O)(=O)N2CCCCC2)cc1)c1ccc(Br)cc1Cl. The molecule has 0 saturated carbocycles. The van der Waals surface area contributed by atoms with Crippen molar-refractivity contribution >= 4 is 49.1 Å². The molecule has 0 aliphatic carbocycles. The maximum absolute atomic E-state index is 12.7. The lowest BCUT2D eigenvalue weighted by molar-refractivity contribution is -0.118. The van der Waals surface area contributed by atoms with Crippen LogP contribution in [0.1, 0.15) is 31.2 Å². The fraction of sp³-hybridized carbons (Fsp3) is 0.381. The lowest BCUT2D eigenvalue weighted by Gasteiger charge is -2.25. The molecule has 2 aromatic carbocycles. The van der Waals surface area contributed by atoms with Gasteiger partial charge in [-0.05, 0) is 55.2 Å². The zero-order valence-electron chi connectivity index (χ0n) is 16.3. The van der Waals surface area contributed by atoms with E-state index in [1.54, 1.807) is 52.7 Å². The first-order chi connectivity index (χ1) is 13.8. The zero-order valence-corrected chi connectivity index (χ0v) is 19.4. The Morgan fingerprint density at radius 1 is 1.10 bits per heavy atom. The highest BCUT2D eigenvalue weighted by molar-refractivity contribution is 9.10. The quantitative estimate of drug-likeness (QED) is 0.569. The van der Waals surface area contributed by atoms with E-state index >= 15 is 0 Å². The maximum Gasteiger partial charge on any atom is 0.243 e. The van der Waals surface area contributed by atoms with Crippen LogP contribution in [-0.2, 0) is 21.2 Å². The molecule has 0 spiro atoms. The molecule has 2 aromatic rings. The summed E-state index contributed by atoms with van der Waals surface area (Å²) in [4.78, 5) is 14.4. The molecule has 1 saturated heterocycles. The Hall–Kier alpha value is -1.41. The molecule has 29 heavy (non-hydrogen) atoms. The van der Waals surface area contributed by atoms with Crippen LogP contribution in [0, 0.1) is 0 Å². The molecule has 1 heterocycles. The van der Waals surface area contributed by atoms with E-state index in [0.29, 0.717) is 41.5 Å². The van der Waals surface area contributed by atoms with Crippen LogP contribution in [0.25, 0.3) is 0 Å². The molecular formula is C21H24BrClN2O3S. The monoisotopic (exact) mass is 498 g/mol. The van der Waals surface area contributed by atoms with Gasteiger partial charge in [-0.3, -0.25) is 4.79 Å². The summed E-state index contributed by atoms with van der Waals surface area (Å²) in [5.41, 5.74) is 1.58. The number of amides is 1. The number of anilines is 1. The van der Waals surface area contributed by atoms with E-state index in [1.165, 1.54) is 0 Å². The molecule has 0 bridgehead atoms. The molecule has 1 amide bonds. The topological polar surface area (TPSA) is 57.7 Å². The van der Waals surface area contributed by atoms with Gasteiger partial charge in [-0.15, -0.1) is 0 Å². The number of rotatable bonds is 6. The highest BCUT2D eigenvalue weighted by atomic mass is 79.9. The summed E-state index contributed by atoms with van der Waals surface area (Å²) in [6.07, 6.45) is 3.74. The van der Waals surface area contributed by atoms with Gasteiger partial charge in [0.05, 0.1) is 15.6 Å². The van der Waals surface area contributed by atoms with Crippen LogP contribution in [-0.4, -0.2) is 38.8 Å². The molecule has 156 valence electrons. The number of carbonyl (C=O) groups excluding carboxylic acids is 1. The minimum absolute atomic E-state index is 0.0563. The Morgan fingerprint density at radius 3 is 2.38 bits per heavy atom. The van der Waals surface area contributed by atoms with Crippen LogP contribution >= 0.6 is 27.5 Å². The van der Waals surface area contributed by atoms with Gasteiger partial charge in [0.25, 0.3) is 0 Å². The third-order valence-electron chi connectivity index (χ3n) is 5.15. The predicted molar refractivity (Wildman–Crippen MR) is 120 cm³/mol. The van der Waals surface area contributed by atoms with Gasteiger partial charge in [0.1, 0.15) is 0 Å². The van der Waals surface area contributed by atoms with E-state index in [4.69, 9.17) is 11.6 Å². The van der Waals surface area contributed by atoms with Gasteiger partial charge in [-0.2, -0.15) is 4.31 Å². The molecule has 5 nitrogen and oxygen atoms in total. The second-order valence-electron chi connectivity index (χ2n) is 7.16. The first-order valence-corrected chi connectivity index (χ1v) is 12.2. The van der Waals surface area contributed by atoms with E-state index in [2.05, 4.69) is 15.9 Å². The van der Waals surface area contributed by atoms with E-state index in [-0.39, 0.29) is 5.91 Å². The number of nitrogens with zero attached hydrogens (tertiary/aromatic N) is 2. The Morgan fingerprint density at radius 2 is 1.76 bits per heavy atom. The van der Waals surface area contributed by atoms with Crippen LogP contribution in [0.5, 0.6) is 0 Å². The van der Waals surface area contributed by atoms with Gasteiger partial charge in [0.15, 0.2) is 0 Å². The van der Waals surface area contributed by atoms with E-state index in [0.717, 1.165) is 29.3 Å². The lowest BCUT2D eigenvalue weighted by atomic mass is 10.1. The summed E-state index contributed by atoms with van der Waals surface area (Å²) in [7, 11) is -1.73. The highest BCUT2D eigenvalue weighted by Crippen LogP contribution is 2.29. The van der Waals surface area contributed by atoms with Crippen molar-refractivity contribution in [2.45, 2.75) is 37.0 Å². The molecule has 3 rings (SSSR count). The van der Waals surface area contributed by atoms with Gasteiger partial charge in [-0.25, -0.2) is 8.42 Å². The second-order valence-corrected chi connectivity index (χ2v) is 10.4. The largest absolute Gasteiger partial charge is 0.314 e. The maximum atomic E-state index is 12.7. The molecule has 1 aliphatic rings. The Bertz CT molecular complexity index is 974. The van der Waals surface area contributed by atoms with Gasteiger partial charge < -0.3 is 4.90 Å². The fourth-order valence-electron chi connectivity index (χ4n) is 3.39.